The van der Waals surface area contributed by atoms with Gasteiger partial charge in [-0.25, -0.2) is 4.79 Å². The molecule has 0 amide bonds. The summed E-state index contributed by atoms with van der Waals surface area (Å²) in [4.78, 5) is 10.5. The van der Waals surface area contributed by atoms with Gasteiger partial charge in [0.1, 0.15) is 0 Å². The molecule has 0 aliphatic heterocycles. The van der Waals surface area contributed by atoms with Crippen LogP contribution in [-0.2, 0) is 9.53 Å². The number of carbonyl (C=O) groups excluding carboxylic acids is 1. The van der Waals surface area contributed by atoms with E-state index in [1.165, 1.54) is 24.9 Å². The van der Waals surface area contributed by atoms with Gasteiger partial charge in [0.2, 0.25) is 0 Å². The van der Waals surface area contributed by atoms with Crippen LogP contribution in [0.1, 0.15) is 0 Å². The molecule has 5 heteroatoms. The molecule has 4 nitrogen and oxygen atoms in total. The first-order valence-electron chi connectivity index (χ1n) is 2.92. The Kier molecular flexibility index (Phi) is 5.28. The smallest absolute Gasteiger partial charge is 0.330 e. The van der Waals surface area contributed by atoms with E-state index in [1.807, 2.05) is 0 Å². The van der Waals surface area contributed by atoms with Crippen LogP contribution >= 0.6 is 11.8 Å². The zero-order valence-corrected chi connectivity index (χ0v) is 7.06. The first kappa shape index (κ1) is 10.0. The molecule has 0 aromatic carbocycles. The Bertz CT molecular complexity index is 179. The molecule has 0 saturated heterocycles. The van der Waals surface area contributed by atoms with Crippen molar-refractivity contribution < 1.29 is 14.9 Å². The molecule has 0 fully saturated rings. The van der Waals surface area contributed by atoms with Crippen LogP contribution in [0.3, 0.4) is 0 Å². The van der Waals surface area contributed by atoms with Crippen LogP contribution in [-0.4, -0.2) is 24.0 Å². The number of esters is 1. The number of thioether (sulfide) groups is 1. The Morgan fingerprint density at radius 2 is 2.45 bits per heavy atom. The van der Waals surface area contributed by atoms with Crippen molar-refractivity contribution in [1.29, 1.82) is 0 Å². The molecule has 11 heavy (non-hydrogen) atoms. The van der Waals surface area contributed by atoms with Gasteiger partial charge in [0.05, 0.1) is 7.11 Å². The molecule has 0 atom stereocenters. The highest BCUT2D eigenvalue weighted by Gasteiger charge is 1.93. The Balaban J connectivity index is 3.45. The first-order chi connectivity index (χ1) is 5.16. The van der Waals surface area contributed by atoms with E-state index >= 15 is 0 Å². The second-order valence-electron chi connectivity index (χ2n) is 1.64. The Labute approximate surface area is 69.3 Å². The first-order valence-corrected chi connectivity index (χ1v) is 3.90. The topological polar surface area (TPSA) is 77.9 Å². The summed E-state index contributed by atoms with van der Waals surface area (Å²) in [5, 5.41) is 5.44. The van der Waals surface area contributed by atoms with Gasteiger partial charge in [-0.05, 0) is 11.8 Å². The fourth-order valence-electron chi connectivity index (χ4n) is 0.357. The lowest BCUT2D eigenvalue weighted by Crippen LogP contribution is -2.43. The molecule has 0 radical (unpaired) electrons. The van der Waals surface area contributed by atoms with Crippen LogP contribution in [0, 0.1) is 0 Å². The Morgan fingerprint density at radius 3 is 2.91 bits per heavy atom. The molecule has 0 aromatic rings. The largest absolute Gasteiger partial charge is 0.466 e. The molecule has 0 saturated carbocycles. The normalized spacial score (nSPS) is 9.91. The van der Waals surface area contributed by atoms with Gasteiger partial charge in [-0.3, -0.25) is 11.1 Å². The number of nitrogens with two attached hydrogens (primary N) is 2. The maximum absolute atomic E-state index is 10.5. The van der Waals surface area contributed by atoms with Gasteiger partial charge < -0.3 is 4.74 Å². The number of hydrogen-bond donors (Lipinski definition) is 2. The van der Waals surface area contributed by atoms with Crippen molar-refractivity contribution in [2.75, 3.05) is 12.9 Å². The van der Waals surface area contributed by atoms with Crippen LogP contribution < -0.4 is 11.1 Å². The second-order valence-corrected chi connectivity index (χ2v) is 2.73. The minimum atomic E-state index is -0.374. The SMILES string of the molecule is COC(=O)/C=C/CSC(N)=[NH2+]. The standard InChI is InChI=1S/C6H10N2O2S/c1-10-5(9)3-2-4-11-6(7)8/h2-3H,4H2,1H3,(H3,7,8)/p+1/b3-2+. The zero-order valence-electron chi connectivity index (χ0n) is 6.24. The summed E-state index contributed by atoms with van der Waals surface area (Å²) >= 11 is 1.26. The number of rotatable bonds is 3. The van der Waals surface area contributed by atoms with E-state index in [0.717, 1.165) is 0 Å². The van der Waals surface area contributed by atoms with Crippen molar-refractivity contribution in [3.63, 3.8) is 0 Å². The average Bonchev–Trinajstić information content (AvgIpc) is 1.97. The molecule has 62 valence electrons. The highest BCUT2D eigenvalue weighted by Crippen LogP contribution is 1.95. The molecule has 0 aliphatic rings. The van der Waals surface area contributed by atoms with Gasteiger partial charge in [-0.1, -0.05) is 6.08 Å². The van der Waals surface area contributed by atoms with Crippen molar-refractivity contribution in [1.82, 2.24) is 0 Å². The van der Waals surface area contributed by atoms with E-state index in [9.17, 15) is 4.79 Å². The van der Waals surface area contributed by atoms with Crippen molar-refractivity contribution >= 4 is 22.9 Å². The highest BCUT2D eigenvalue weighted by molar-refractivity contribution is 8.13. The van der Waals surface area contributed by atoms with Crippen molar-refractivity contribution in [3.05, 3.63) is 12.2 Å². The Morgan fingerprint density at radius 1 is 1.82 bits per heavy atom. The summed E-state index contributed by atoms with van der Waals surface area (Å²) in [5.41, 5.74) is 5.15. The maximum atomic E-state index is 10.5. The number of ether oxygens (including phenoxy) is 1. The molecule has 0 unspecified atom stereocenters. The Hall–Kier alpha value is -0.970. The molecule has 0 aliphatic carbocycles. The van der Waals surface area contributed by atoms with E-state index in [4.69, 9.17) is 11.1 Å². The molecule has 4 N–H and O–H groups in total. The van der Waals surface area contributed by atoms with Gasteiger partial charge in [0.15, 0.2) is 0 Å². The van der Waals surface area contributed by atoms with Gasteiger partial charge in [0, 0.05) is 11.8 Å². The minimum absolute atomic E-state index is 0.291. The lowest BCUT2D eigenvalue weighted by molar-refractivity contribution is -0.134. The fourth-order valence-corrected chi connectivity index (χ4v) is 0.742. The van der Waals surface area contributed by atoms with E-state index < -0.39 is 0 Å². The third kappa shape index (κ3) is 6.92. The van der Waals surface area contributed by atoms with Crippen molar-refractivity contribution in [2.45, 2.75) is 0 Å². The minimum Gasteiger partial charge on any atom is -0.466 e. The van der Waals surface area contributed by atoms with Crippen molar-refractivity contribution in [3.8, 4) is 0 Å². The summed E-state index contributed by atoms with van der Waals surface area (Å²) in [7, 11) is 1.32. The number of carbonyl (C=O) groups is 1. The molecular weight excluding hydrogens is 164 g/mol. The quantitative estimate of drug-likeness (QED) is 0.237. The number of hydrogen-bond acceptors (Lipinski definition) is 3. The van der Waals surface area contributed by atoms with Gasteiger partial charge in [-0.15, -0.1) is 0 Å². The molecule has 0 rings (SSSR count). The van der Waals surface area contributed by atoms with Crippen LogP contribution in [0.25, 0.3) is 0 Å². The van der Waals surface area contributed by atoms with E-state index in [-0.39, 0.29) is 5.97 Å². The summed E-state index contributed by atoms with van der Waals surface area (Å²) in [6.45, 7) is 0. The second kappa shape index (κ2) is 5.79. The predicted molar refractivity (Wildman–Crippen MR) is 44.7 cm³/mol. The zero-order chi connectivity index (χ0) is 8.69. The van der Waals surface area contributed by atoms with Gasteiger partial charge in [-0.2, -0.15) is 0 Å². The van der Waals surface area contributed by atoms with Crippen LogP contribution in [0.2, 0.25) is 0 Å². The van der Waals surface area contributed by atoms with E-state index in [1.54, 1.807) is 6.08 Å². The predicted octanol–water partition coefficient (Wildman–Crippen LogP) is -1.48. The van der Waals surface area contributed by atoms with Crippen LogP contribution in [0.4, 0.5) is 0 Å². The summed E-state index contributed by atoms with van der Waals surface area (Å²) in [6.07, 6.45) is 2.96. The lowest BCUT2D eigenvalue weighted by atomic mass is 10.5. The molecule has 0 heterocycles. The van der Waals surface area contributed by atoms with Crippen molar-refractivity contribution in [2.24, 2.45) is 5.73 Å². The van der Waals surface area contributed by atoms with Crippen LogP contribution in [0.5, 0.6) is 0 Å². The van der Waals surface area contributed by atoms with E-state index in [0.29, 0.717) is 10.9 Å². The number of methoxy groups -OCH3 is 1. The third-order valence-corrected chi connectivity index (χ3v) is 1.49. The number of amidine groups is 1. The van der Waals surface area contributed by atoms with Gasteiger partial charge >= 0.3 is 5.97 Å². The third-order valence-electron chi connectivity index (χ3n) is 0.801. The van der Waals surface area contributed by atoms with Gasteiger partial charge in [0.25, 0.3) is 5.17 Å². The monoisotopic (exact) mass is 175 g/mol. The lowest BCUT2D eigenvalue weighted by Gasteiger charge is -1.88. The average molecular weight is 175 g/mol. The van der Waals surface area contributed by atoms with Crippen LogP contribution in [0.15, 0.2) is 12.2 Å². The summed E-state index contributed by atoms with van der Waals surface area (Å²) in [6, 6.07) is 0. The molecular formula is C6H11N2O2S+. The fraction of sp³-hybridized carbons (Fsp3) is 0.333. The summed E-state index contributed by atoms with van der Waals surface area (Å²) in [5.74, 6) is 0.207. The summed E-state index contributed by atoms with van der Waals surface area (Å²) < 4.78 is 4.35. The highest BCUT2D eigenvalue weighted by atomic mass is 32.2. The molecule has 0 bridgehead atoms. The van der Waals surface area contributed by atoms with E-state index in [2.05, 4.69) is 4.74 Å². The molecule has 0 spiro atoms. The molecule has 0 aromatic heterocycles. The maximum Gasteiger partial charge on any atom is 0.330 e.